The molecule has 3 nitrogen and oxygen atoms in total. The third-order valence-corrected chi connectivity index (χ3v) is 13.9. The molecule has 5 fully saturated rings. The Morgan fingerprint density at radius 2 is 1.54 bits per heavy atom. The quantitative estimate of drug-likeness (QED) is 0.325. The van der Waals surface area contributed by atoms with Crippen LogP contribution in [0.25, 0.3) is 0 Å². The first-order valence-corrected chi connectivity index (χ1v) is 14.6. The van der Waals surface area contributed by atoms with Crippen LogP contribution in [0.1, 0.15) is 113 Å². The van der Waals surface area contributed by atoms with Crippen molar-refractivity contribution in [3.63, 3.8) is 0 Å². The number of carbonyl (C=O) groups is 1. The number of carbonyl (C=O) groups excluding carboxylic acids is 1. The molecule has 0 aromatic heterocycles. The molecule has 1 N–H and O–H groups in total. The molecule has 5 saturated carbocycles. The Labute approximate surface area is 214 Å². The molecule has 0 aliphatic heterocycles. The summed E-state index contributed by atoms with van der Waals surface area (Å²) in [5, 5.41) is 11.2. The van der Waals surface area contributed by atoms with Gasteiger partial charge in [-0.25, -0.2) is 0 Å². The van der Waals surface area contributed by atoms with Crippen LogP contribution in [0.2, 0.25) is 0 Å². The molecule has 0 heterocycles. The van der Waals surface area contributed by atoms with Crippen molar-refractivity contribution in [1.29, 1.82) is 0 Å². The monoisotopic (exact) mass is 484 g/mol. The number of aliphatic hydroxyl groups is 1. The van der Waals surface area contributed by atoms with Gasteiger partial charge in [-0.15, -0.1) is 0 Å². The van der Waals surface area contributed by atoms with Gasteiger partial charge in [-0.1, -0.05) is 53.7 Å². The minimum absolute atomic E-state index is 0.0977. The SMILES string of the molecule is C=C(C)C1CCC2(C)CCC3(C)C(CCC4C5(C)C(OC(C)=O)CC(O)C(C)(C)C5CCC43C)C12. The van der Waals surface area contributed by atoms with Gasteiger partial charge in [0.1, 0.15) is 6.10 Å². The van der Waals surface area contributed by atoms with Crippen LogP contribution in [0.15, 0.2) is 12.2 Å². The number of rotatable bonds is 2. The van der Waals surface area contributed by atoms with Crippen molar-refractivity contribution < 1.29 is 14.6 Å². The van der Waals surface area contributed by atoms with Crippen LogP contribution in [0.5, 0.6) is 0 Å². The molecule has 5 rings (SSSR count). The fourth-order valence-corrected chi connectivity index (χ4v) is 11.8. The topological polar surface area (TPSA) is 46.5 Å². The number of hydrogen-bond acceptors (Lipinski definition) is 3. The second-order valence-corrected chi connectivity index (χ2v) is 15.4. The number of ether oxygens (including phenoxy) is 1. The van der Waals surface area contributed by atoms with E-state index in [4.69, 9.17) is 4.74 Å². The van der Waals surface area contributed by atoms with Crippen LogP contribution < -0.4 is 0 Å². The average molecular weight is 485 g/mol. The molecule has 0 amide bonds. The van der Waals surface area contributed by atoms with Crippen molar-refractivity contribution >= 4 is 5.97 Å². The van der Waals surface area contributed by atoms with Gasteiger partial charge < -0.3 is 9.84 Å². The van der Waals surface area contributed by atoms with Crippen molar-refractivity contribution in [3.8, 4) is 0 Å². The summed E-state index contributed by atoms with van der Waals surface area (Å²) in [6.45, 7) is 23.2. The lowest BCUT2D eigenvalue weighted by Gasteiger charge is -2.73. The molecule has 0 aromatic rings. The summed E-state index contributed by atoms with van der Waals surface area (Å²) >= 11 is 0. The van der Waals surface area contributed by atoms with E-state index in [1.54, 1.807) is 6.92 Å². The molecule has 198 valence electrons. The summed E-state index contributed by atoms with van der Waals surface area (Å²) < 4.78 is 6.11. The maximum absolute atomic E-state index is 12.3. The van der Waals surface area contributed by atoms with Crippen molar-refractivity contribution in [3.05, 3.63) is 12.2 Å². The highest BCUT2D eigenvalue weighted by molar-refractivity contribution is 5.66. The Hall–Kier alpha value is -0.830. The lowest BCUT2D eigenvalue weighted by Crippen LogP contribution is -2.70. The van der Waals surface area contributed by atoms with E-state index in [2.05, 4.69) is 55.0 Å². The molecular formula is C32H52O3. The first kappa shape index (κ1) is 25.8. The maximum Gasteiger partial charge on any atom is 0.302 e. The Kier molecular flexibility index (Phi) is 5.78. The summed E-state index contributed by atoms with van der Waals surface area (Å²) in [4.78, 5) is 12.3. The van der Waals surface area contributed by atoms with Crippen molar-refractivity contribution in [1.82, 2.24) is 0 Å². The highest BCUT2D eigenvalue weighted by Gasteiger charge is 2.72. The van der Waals surface area contributed by atoms with Gasteiger partial charge in [0.25, 0.3) is 0 Å². The number of hydrogen-bond donors (Lipinski definition) is 1. The van der Waals surface area contributed by atoms with Gasteiger partial charge in [-0.05, 0) is 110 Å². The standard InChI is InChI=1S/C32H52O3/c1-19(2)21-12-14-29(6)16-17-30(7)22(27(21)29)10-11-24-31(30,8)15-13-23-28(4,5)25(34)18-26(32(23,24)9)35-20(3)33/h21-27,34H,1,10-18H2,2-9H3. The summed E-state index contributed by atoms with van der Waals surface area (Å²) in [5.74, 6) is 2.87. The van der Waals surface area contributed by atoms with Gasteiger partial charge in [0.15, 0.2) is 0 Å². The molecular weight excluding hydrogens is 432 g/mol. The minimum Gasteiger partial charge on any atom is -0.462 e. The van der Waals surface area contributed by atoms with E-state index in [0.717, 1.165) is 18.3 Å². The molecule has 0 bridgehead atoms. The van der Waals surface area contributed by atoms with E-state index < -0.39 is 6.10 Å². The molecule has 0 spiro atoms. The van der Waals surface area contributed by atoms with Crippen LogP contribution >= 0.6 is 0 Å². The highest BCUT2D eigenvalue weighted by atomic mass is 16.5. The number of allylic oxidation sites excluding steroid dienone is 1. The molecule has 11 atom stereocenters. The van der Waals surface area contributed by atoms with E-state index >= 15 is 0 Å². The van der Waals surface area contributed by atoms with Gasteiger partial charge in [0, 0.05) is 18.8 Å². The summed E-state index contributed by atoms with van der Waals surface area (Å²) in [7, 11) is 0. The third-order valence-electron chi connectivity index (χ3n) is 13.9. The van der Waals surface area contributed by atoms with Crippen LogP contribution in [0.3, 0.4) is 0 Å². The zero-order chi connectivity index (χ0) is 25.8. The first-order valence-electron chi connectivity index (χ1n) is 14.6. The molecule has 11 unspecified atom stereocenters. The van der Waals surface area contributed by atoms with Gasteiger partial charge in [0.2, 0.25) is 0 Å². The molecule has 0 aromatic carbocycles. The van der Waals surface area contributed by atoms with Gasteiger partial charge in [0.05, 0.1) is 6.10 Å². The normalized spacial score (nSPS) is 54.6. The second kappa shape index (κ2) is 7.84. The number of aliphatic hydroxyl groups excluding tert-OH is 1. The fourth-order valence-electron chi connectivity index (χ4n) is 11.8. The molecule has 5 aliphatic rings. The average Bonchev–Trinajstić information content (AvgIpc) is 3.10. The molecule has 5 aliphatic carbocycles. The molecule has 0 radical (unpaired) electrons. The fraction of sp³-hybridized carbons (Fsp3) is 0.906. The minimum atomic E-state index is -0.425. The predicted octanol–water partition coefficient (Wildman–Crippen LogP) is 7.57. The maximum atomic E-state index is 12.3. The van der Waals surface area contributed by atoms with Crippen molar-refractivity contribution in [2.24, 2.45) is 56.7 Å². The van der Waals surface area contributed by atoms with Crippen LogP contribution in [-0.4, -0.2) is 23.3 Å². The summed E-state index contributed by atoms with van der Waals surface area (Å²) in [6.07, 6.45) is 10.2. The molecule has 35 heavy (non-hydrogen) atoms. The predicted molar refractivity (Wildman–Crippen MR) is 142 cm³/mol. The summed E-state index contributed by atoms with van der Waals surface area (Å²) in [6, 6.07) is 0. The van der Waals surface area contributed by atoms with Crippen molar-refractivity contribution in [2.45, 2.75) is 125 Å². The zero-order valence-corrected chi connectivity index (χ0v) is 23.9. The van der Waals surface area contributed by atoms with E-state index in [1.165, 1.54) is 50.5 Å². The third kappa shape index (κ3) is 3.21. The van der Waals surface area contributed by atoms with Gasteiger partial charge in [-0.2, -0.15) is 0 Å². The lowest BCUT2D eigenvalue weighted by molar-refractivity contribution is -0.276. The van der Waals surface area contributed by atoms with Crippen LogP contribution in [-0.2, 0) is 9.53 Å². The van der Waals surface area contributed by atoms with Gasteiger partial charge in [-0.3, -0.25) is 4.79 Å². The molecule has 3 heteroatoms. The highest BCUT2D eigenvalue weighted by Crippen LogP contribution is 2.77. The Morgan fingerprint density at radius 3 is 2.17 bits per heavy atom. The zero-order valence-electron chi connectivity index (χ0n) is 23.9. The smallest absolute Gasteiger partial charge is 0.302 e. The van der Waals surface area contributed by atoms with Crippen molar-refractivity contribution in [2.75, 3.05) is 0 Å². The largest absolute Gasteiger partial charge is 0.462 e. The summed E-state index contributed by atoms with van der Waals surface area (Å²) in [5.41, 5.74) is 2.14. The van der Waals surface area contributed by atoms with Crippen LogP contribution in [0, 0.1) is 56.7 Å². The van der Waals surface area contributed by atoms with E-state index in [0.29, 0.717) is 35.0 Å². The Bertz CT molecular complexity index is 906. The van der Waals surface area contributed by atoms with Crippen LogP contribution in [0.4, 0.5) is 0 Å². The lowest BCUT2D eigenvalue weighted by atomic mass is 9.32. The number of fused-ring (bicyclic) bond motifs is 7. The van der Waals surface area contributed by atoms with E-state index in [-0.39, 0.29) is 28.3 Å². The van der Waals surface area contributed by atoms with Gasteiger partial charge >= 0.3 is 5.97 Å². The Morgan fingerprint density at radius 1 is 0.857 bits per heavy atom. The van der Waals surface area contributed by atoms with E-state index in [9.17, 15) is 9.90 Å². The van der Waals surface area contributed by atoms with E-state index in [1.807, 2.05) is 0 Å². The second-order valence-electron chi connectivity index (χ2n) is 15.4. The molecule has 0 saturated heterocycles. The first-order chi connectivity index (χ1) is 16.1. The number of esters is 1. The Balaban J connectivity index is 1.58.